The van der Waals surface area contributed by atoms with Crippen LogP contribution in [0.1, 0.15) is 11.3 Å². The zero-order valence-electron chi connectivity index (χ0n) is 17.6. The van der Waals surface area contributed by atoms with Gasteiger partial charge < -0.3 is 28.8 Å². The van der Waals surface area contributed by atoms with Gasteiger partial charge in [-0.2, -0.15) is 0 Å². The molecule has 0 spiro atoms. The fraction of sp³-hybridized carbons (Fsp3) is 0.348. The van der Waals surface area contributed by atoms with Crippen molar-refractivity contribution in [2.75, 3.05) is 40.3 Å². The number of hydrogen-bond donors (Lipinski definition) is 3. The molecular formula is C23H28N2O5+2. The van der Waals surface area contributed by atoms with Gasteiger partial charge in [-0.05, 0) is 31.2 Å². The second-order valence-corrected chi connectivity index (χ2v) is 7.89. The van der Waals surface area contributed by atoms with Crippen molar-refractivity contribution < 1.29 is 28.8 Å². The Morgan fingerprint density at radius 3 is 2.47 bits per heavy atom. The molecule has 3 aromatic rings. The van der Waals surface area contributed by atoms with Crippen LogP contribution in [0.15, 0.2) is 45.6 Å². The molecule has 7 heteroatoms. The number of para-hydroxylation sites is 2. The Morgan fingerprint density at radius 2 is 1.77 bits per heavy atom. The highest BCUT2D eigenvalue weighted by molar-refractivity contribution is 5.83. The zero-order chi connectivity index (χ0) is 21.3. The van der Waals surface area contributed by atoms with Gasteiger partial charge in [0, 0.05) is 0 Å². The van der Waals surface area contributed by atoms with Gasteiger partial charge in [0.25, 0.3) is 0 Å². The third kappa shape index (κ3) is 3.86. The normalized spacial score (nSPS) is 19.0. The summed E-state index contributed by atoms with van der Waals surface area (Å²) in [6, 6.07) is 10.3. The summed E-state index contributed by atoms with van der Waals surface area (Å²) in [5, 5.41) is 10.9. The standard InChI is InChI=1S/C23H26N2O5/c1-15-22(30-20-7-5-4-6-19(20)28-3)21(27)16-8-9-18(26)17(23(16)29-15)14-25-12-10-24(2)11-13-25/h4-9,26H,10-14H2,1-3H3/p+2. The van der Waals surface area contributed by atoms with E-state index in [4.69, 9.17) is 13.9 Å². The number of fused-ring (bicyclic) bond motifs is 1. The van der Waals surface area contributed by atoms with Crippen LogP contribution < -0.4 is 24.7 Å². The quantitative estimate of drug-likeness (QED) is 0.570. The van der Waals surface area contributed by atoms with Crippen molar-refractivity contribution in [3.63, 3.8) is 0 Å². The minimum atomic E-state index is -0.265. The number of ether oxygens (including phenoxy) is 2. The van der Waals surface area contributed by atoms with E-state index in [-0.39, 0.29) is 16.9 Å². The number of hydrogen-bond acceptors (Lipinski definition) is 5. The maximum absolute atomic E-state index is 13.2. The summed E-state index contributed by atoms with van der Waals surface area (Å²) in [6.45, 7) is 6.51. The van der Waals surface area contributed by atoms with E-state index in [1.165, 1.54) is 9.80 Å². The lowest BCUT2D eigenvalue weighted by Gasteiger charge is -2.27. The molecule has 1 saturated heterocycles. The highest BCUT2D eigenvalue weighted by Crippen LogP contribution is 2.33. The Morgan fingerprint density at radius 1 is 1.07 bits per heavy atom. The number of methoxy groups -OCH3 is 1. The summed E-state index contributed by atoms with van der Waals surface area (Å²) >= 11 is 0. The molecular weight excluding hydrogens is 384 g/mol. The van der Waals surface area contributed by atoms with E-state index in [9.17, 15) is 9.90 Å². The molecule has 1 aromatic heterocycles. The highest BCUT2D eigenvalue weighted by atomic mass is 16.5. The van der Waals surface area contributed by atoms with E-state index >= 15 is 0 Å². The molecule has 30 heavy (non-hydrogen) atoms. The number of phenols is 1. The van der Waals surface area contributed by atoms with Crippen molar-refractivity contribution in [1.29, 1.82) is 0 Å². The second-order valence-electron chi connectivity index (χ2n) is 7.89. The van der Waals surface area contributed by atoms with Gasteiger partial charge in [0.15, 0.2) is 17.1 Å². The van der Waals surface area contributed by atoms with E-state index in [0.29, 0.717) is 40.3 Å². The first-order valence-corrected chi connectivity index (χ1v) is 10.2. The number of rotatable bonds is 5. The summed E-state index contributed by atoms with van der Waals surface area (Å²) in [4.78, 5) is 16.1. The zero-order valence-corrected chi connectivity index (χ0v) is 17.6. The minimum absolute atomic E-state index is 0.124. The Hall–Kier alpha value is -3.03. The second kappa shape index (κ2) is 8.38. The molecule has 0 amide bonds. The largest absolute Gasteiger partial charge is 0.507 e. The van der Waals surface area contributed by atoms with Crippen molar-refractivity contribution in [2.45, 2.75) is 13.5 Å². The SMILES string of the molecule is COc1ccccc1Oc1c(C)oc2c(C[NH+]3CC[NH+](C)CC3)c(O)ccc2c1=O. The summed E-state index contributed by atoms with van der Waals surface area (Å²) < 4.78 is 17.3. The Kier molecular flexibility index (Phi) is 5.65. The average Bonchev–Trinajstić information content (AvgIpc) is 2.75. The predicted octanol–water partition coefficient (Wildman–Crippen LogP) is 0.521. The van der Waals surface area contributed by atoms with Crippen LogP contribution in [0.4, 0.5) is 0 Å². The van der Waals surface area contributed by atoms with Crippen LogP contribution in [0, 0.1) is 6.92 Å². The maximum atomic E-state index is 13.2. The van der Waals surface area contributed by atoms with E-state index in [2.05, 4.69) is 7.05 Å². The van der Waals surface area contributed by atoms with Crippen molar-refractivity contribution in [2.24, 2.45) is 0 Å². The number of aromatic hydroxyl groups is 1. The van der Waals surface area contributed by atoms with Crippen LogP contribution in [0.2, 0.25) is 0 Å². The van der Waals surface area contributed by atoms with Gasteiger partial charge in [-0.1, -0.05) is 12.1 Å². The third-order valence-corrected chi connectivity index (χ3v) is 5.78. The number of piperazine rings is 1. The molecule has 0 saturated carbocycles. The number of nitrogens with one attached hydrogen (secondary N) is 2. The lowest BCUT2D eigenvalue weighted by Crippen LogP contribution is -3.26. The minimum Gasteiger partial charge on any atom is -0.507 e. The van der Waals surface area contributed by atoms with Gasteiger partial charge >= 0.3 is 0 Å². The molecule has 2 heterocycles. The van der Waals surface area contributed by atoms with Crippen molar-refractivity contribution in [3.05, 3.63) is 57.9 Å². The van der Waals surface area contributed by atoms with Crippen molar-refractivity contribution >= 4 is 11.0 Å². The van der Waals surface area contributed by atoms with Gasteiger partial charge in [0.05, 0.1) is 25.1 Å². The van der Waals surface area contributed by atoms with Crippen LogP contribution in [0.25, 0.3) is 11.0 Å². The number of quaternary nitrogens is 2. The number of benzene rings is 2. The lowest BCUT2D eigenvalue weighted by molar-refractivity contribution is -1.01. The molecule has 0 aliphatic carbocycles. The first-order valence-electron chi connectivity index (χ1n) is 10.2. The van der Waals surface area contributed by atoms with Crippen LogP contribution >= 0.6 is 0 Å². The molecule has 7 nitrogen and oxygen atoms in total. The molecule has 0 atom stereocenters. The molecule has 3 N–H and O–H groups in total. The van der Waals surface area contributed by atoms with Gasteiger partial charge in [-0.3, -0.25) is 4.79 Å². The van der Waals surface area contributed by atoms with E-state index < -0.39 is 0 Å². The third-order valence-electron chi connectivity index (χ3n) is 5.78. The van der Waals surface area contributed by atoms with Crippen molar-refractivity contribution in [1.82, 2.24) is 0 Å². The molecule has 4 rings (SSSR count). The summed E-state index contributed by atoms with van der Waals surface area (Å²) in [5.74, 6) is 1.62. The van der Waals surface area contributed by atoms with E-state index in [1.807, 2.05) is 12.1 Å². The molecule has 0 bridgehead atoms. The fourth-order valence-electron chi connectivity index (χ4n) is 3.95. The first-order chi connectivity index (χ1) is 14.5. The van der Waals surface area contributed by atoms with Gasteiger partial charge in [-0.25, -0.2) is 0 Å². The van der Waals surface area contributed by atoms with Crippen LogP contribution in [-0.4, -0.2) is 45.4 Å². The van der Waals surface area contributed by atoms with Crippen LogP contribution in [0.3, 0.4) is 0 Å². The van der Waals surface area contributed by atoms with Gasteiger partial charge in [-0.15, -0.1) is 0 Å². The molecule has 1 aliphatic rings. The molecule has 1 aliphatic heterocycles. The first kappa shape index (κ1) is 20.3. The monoisotopic (exact) mass is 412 g/mol. The number of aryl methyl sites for hydroxylation is 1. The molecule has 2 aromatic carbocycles. The highest BCUT2D eigenvalue weighted by Gasteiger charge is 2.25. The summed E-state index contributed by atoms with van der Waals surface area (Å²) in [6.07, 6.45) is 0. The summed E-state index contributed by atoms with van der Waals surface area (Å²) in [7, 11) is 3.74. The fourth-order valence-corrected chi connectivity index (χ4v) is 3.95. The number of phenolic OH excluding ortho intramolecular Hbond substituents is 1. The number of likely N-dealkylation sites (N-methyl/N-ethyl adjacent to an activating group) is 1. The van der Waals surface area contributed by atoms with Crippen molar-refractivity contribution in [3.8, 4) is 23.0 Å². The lowest BCUT2D eigenvalue weighted by atomic mass is 10.1. The molecule has 158 valence electrons. The summed E-state index contributed by atoms with van der Waals surface area (Å²) in [5.41, 5.74) is 0.841. The van der Waals surface area contributed by atoms with Gasteiger partial charge in [0.2, 0.25) is 11.2 Å². The Labute approximate surface area is 175 Å². The van der Waals surface area contributed by atoms with E-state index in [0.717, 1.165) is 26.2 Å². The molecule has 0 unspecified atom stereocenters. The molecule has 1 fully saturated rings. The Bertz CT molecular complexity index is 1120. The maximum Gasteiger partial charge on any atom is 0.235 e. The topological polar surface area (TPSA) is 77.8 Å². The smallest absolute Gasteiger partial charge is 0.235 e. The average molecular weight is 412 g/mol. The van der Waals surface area contributed by atoms with Crippen LogP contribution in [0.5, 0.6) is 23.0 Å². The van der Waals surface area contributed by atoms with Gasteiger partial charge in [0.1, 0.15) is 44.2 Å². The van der Waals surface area contributed by atoms with E-state index in [1.54, 1.807) is 38.3 Å². The van der Waals surface area contributed by atoms with Crippen LogP contribution in [-0.2, 0) is 6.54 Å². The Balaban J connectivity index is 1.74. The molecule has 0 radical (unpaired) electrons. The predicted molar refractivity (Wildman–Crippen MR) is 113 cm³/mol.